The zero-order valence-electron chi connectivity index (χ0n) is 12.3. The molecule has 1 aliphatic rings. The Morgan fingerprint density at radius 2 is 1.74 bits per heavy atom. The highest BCUT2D eigenvalue weighted by molar-refractivity contribution is 9.10. The third kappa shape index (κ3) is 3.56. The molecule has 0 fully saturated rings. The first-order valence-electron chi connectivity index (χ1n) is 6.88. The smallest absolute Gasteiger partial charge is 0.255 e. The quantitative estimate of drug-likeness (QED) is 0.866. The van der Waals surface area contributed by atoms with E-state index in [0.29, 0.717) is 45.3 Å². The third-order valence-electron chi connectivity index (χ3n) is 3.33. The number of hydrogen-bond acceptors (Lipinski definition) is 4. The standard InChI is InChI=1S/C16H14BrNO4S/c1-23(20)11-4-2-10(3-5-11)16(19)18-13-9-15-14(8-12(13)17)21-6-7-22-15/h2-5,8-9H,6-7H2,1H3,(H,18,19). The van der Waals surface area contributed by atoms with E-state index < -0.39 is 10.8 Å². The molecule has 0 radical (unpaired) electrons. The Morgan fingerprint density at radius 3 is 2.35 bits per heavy atom. The van der Waals surface area contributed by atoms with Crippen molar-refractivity contribution in [1.29, 1.82) is 0 Å². The largest absolute Gasteiger partial charge is 0.486 e. The van der Waals surface area contributed by atoms with Crippen LogP contribution in [-0.4, -0.2) is 29.6 Å². The predicted molar refractivity (Wildman–Crippen MR) is 91.9 cm³/mol. The number of nitrogens with one attached hydrogen (secondary N) is 1. The SMILES string of the molecule is CS(=O)c1ccc(C(=O)Nc2cc3c(cc2Br)OCCO3)cc1. The Hall–Kier alpha value is -1.86. The number of hydrogen-bond donors (Lipinski definition) is 1. The minimum Gasteiger partial charge on any atom is -0.486 e. The van der Waals surface area contributed by atoms with Crippen LogP contribution in [0.4, 0.5) is 5.69 Å². The van der Waals surface area contributed by atoms with E-state index in [9.17, 15) is 9.00 Å². The first kappa shape index (κ1) is 16.0. The van der Waals surface area contributed by atoms with E-state index in [1.807, 2.05) is 0 Å². The molecule has 0 saturated heterocycles. The first-order valence-corrected chi connectivity index (χ1v) is 9.23. The average Bonchev–Trinajstić information content (AvgIpc) is 2.55. The summed E-state index contributed by atoms with van der Waals surface area (Å²) in [5.41, 5.74) is 1.09. The Morgan fingerprint density at radius 1 is 1.13 bits per heavy atom. The number of amides is 1. The lowest BCUT2D eigenvalue weighted by atomic mass is 10.2. The monoisotopic (exact) mass is 395 g/mol. The molecule has 2 aromatic rings. The van der Waals surface area contributed by atoms with Crippen LogP contribution in [-0.2, 0) is 10.8 Å². The van der Waals surface area contributed by atoms with E-state index in [-0.39, 0.29) is 5.91 Å². The summed E-state index contributed by atoms with van der Waals surface area (Å²) in [6, 6.07) is 10.2. The number of carbonyl (C=O) groups excluding carboxylic acids is 1. The fraction of sp³-hybridized carbons (Fsp3) is 0.188. The van der Waals surface area contributed by atoms with E-state index in [1.54, 1.807) is 42.7 Å². The summed E-state index contributed by atoms with van der Waals surface area (Å²) < 4.78 is 23.1. The average molecular weight is 396 g/mol. The van der Waals surface area contributed by atoms with E-state index >= 15 is 0 Å². The van der Waals surface area contributed by atoms with E-state index in [4.69, 9.17) is 9.47 Å². The van der Waals surface area contributed by atoms with Crippen LogP contribution in [0.5, 0.6) is 11.5 Å². The number of rotatable bonds is 3. The summed E-state index contributed by atoms with van der Waals surface area (Å²) in [7, 11) is -1.06. The van der Waals surface area contributed by atoms with Gasteiger partial charge in [-0.05, 0) is 40.2 Å². The minimum atomic E-state index is -1.06. The van der Waals surface area contributed by atoms with Gasteiger partial charge in [-0.2, -0.15) is 0 Å². The van der Waals surface area contributed by atoms with Crippen LogP contribution < -0.4 is 14.8 Å². The molecule has 0 bridgehead atoms. The lowest BCUT2D eigenvalue weighted by Gasteiger charge is -2.20. The predicted octanol–water partition coefficient (Wildman–Crippen LogP) is 3.21. The summed E-state index contributed by atoms with van der Waals surface area (Å²) in [5.74, 6) is 0.998. The van der Waals surface area contributed by atoms with Crippen molar-refractivity contribution in [1.82, 2.24) is 0 Å². The van der Waals surface area contributed by atoms with Crippen LogP contribution in [0.2, 0.25) is 0 Å². The van der Waals surface area contributed by atoms with Gasteiger partial charge in [0, 0.05) is 44.1 Å². The van der Waals surface area contributed by atoms with Gasteiger partial charge in [0.05, 0.1) is 5.69 Å². The van der Waals surface area contributed by atoms with Crippen LogP contribution in [0.1, 0.15) is 10.4 Å². The summed E-state index contributed by atoms with van der Waals surface area (Å²) in [6.07, 6.45) is 1.60. The Kier molecular flexibility index (Phi) is 4.68. The molecule has 0 aliphatic carbocycles. The van der Waals surface area contributed by atoms with Gasteiger partial charge < -0.3 is 14.8 Å². The number of carbonyl (C=O) groups is 1. The van der Waals surface area contributed by atoms with Crippen molar-refractivity contribution >= 4 is 38.3 Å². The van der Waals surface area contributed by atoms with Crippen LogP contribution >= 0.6 is 15.9 Å². The fourth-order valence-corrected chi connectivity index (χ4v) is 3.09. The van der Waals surface area contributed by atoms with Crippen molar-refractivity contribution in [2.75, 3.05) is 24.8 Å². The molecule has 120 valence electrons. The molecule has 1 amide bonds. The van der Waals surface area contributed by atoms with Gasteiger partial charge in [-0.3, -0.25) is 9.00 Å². The van der Waals surface area contributed by atoms with E-state index in [2.05, 4.69) is 21.2 Å². The molecule has 0 spiro atoms. The second kappa shape index (κ2) is 6.72. The maximum absolute atomic E-state index is 12.3. The molecule has 7 heteroatoms. The molecular weight excluding hydrogens is 382 g/mol. The molecule has 1 heterocycles. The molecule has 1 unspecified atom stereocenters. The van der Waals surface area contributed by atoms with Crippen molar-refractivity contribution in [3.8, 4) is 11.5 Å². The number of anilines is 1. The molecule has 23 heavy (non-hydrogen) atoms. The lowest BCUT2D eigenvalue weighted by Crippen LogP contribution is -2.17. The second-order valence-corrected chi connectivity index (χ2v) is 7.14. The van der Waals surface area contributed by atoms with Crippen molar-refractivity contribution in [3.05, 3.63) is 46.4 Å². The molecular formula is C16H14BrNO4S. The third-order valence-corrected chi connectivity index (χ3v) is 4.92. The summed E-state index contributed by atoms with van der Waals surface area (Å²) in [6.45, 7) is 0.994. The van der Waals surface area contributed by atoms with Gasteiger partial charge in [0.2, 0.25) is 0 Å². The van der Waals surface area contributed by atoms with Gasteiger partial charge >= 0.3 is 0 Å². The zero-order chi connectivity index (χ0) is 16.4. The van der Waals surface area contributed by atoms with Crippen molar-refractivity contribution in [2.45, 2.75) is 4.90 Å². The van der Waals surface area contributed by atoms with Crippen LogP contribution in [0.25, 0.3) is 0 Å². The van der Waals surface area contributed by atoms with Crippen molar-refractivity contribution in [3.63, 3.8) is 0 Å². The highest BCUT2D eigenvalue weighted by atomic mass is 79.9. The molecule has 2 aromatic carbocycles. The highest BCUT2D eigenvalue weighted by Crippen LogP contribution is 2.38. The number of halogens is 1. The van der Waals surface area contributed by atoms with Crippen LogP contribution in [0.3, 0.4) is 0 Å². The molecule has 0 saturated carbocycles. The lowest BCUT2D eigenvalue weighted by molar-refractivity contribution is 0.102. The Labute approximate surface area is 144 Å². The van der Waals surface area contributed by atoms with Crippen LogP contribution in [0, 0.1) is 0 Å². The maximum atomic E-state index is 12.3. The summed E-state index contributed by atoms with van der Waals surface area (Å²) >= 11 is 3.42. The van der Waals surface area contributed by atoms with Crippen molar-refractivity contribution < 1.29 is 18.5 Å². The molecule has 1 aliphatic heterocycles. The number of ether oxygens (including phenoxy) is 2. The van der Waals surface area contributed by atoms with Gasteiger partial charge in [0.25, 0.3) is 5.91 Å². The van der Waals surface area contributed by atoms with Crippen LogP contribution in [0.15, 0.2) is 45.8 Å². The molecule has 3 rings (SSSR count). The summed E-state index contributed by atoms with van der Waals surface area (Å²) in [4.78, 5) is 13.0. The van der Waals surface area contributed by atoms with Gasteiger partial charge in [-0.1, -0.05) is 0 Å². The molecule has 1 N–H and O–H groups in total. The summed E-state index contributed by atoms with van der Waals surface area (Å²) in [5, 5.41) is 2.83. The number of benzene rings is 2. The van der Waals surface area contributed by atoms with E-state index in [0.717, 1.165) is 0 Å². The zero-order valence-corrected chi connectivity index (χ0v) is 14.7. The minimum absolute atomic E-state index is 0.254. The second-order valence-electron chi connectivity index (χ2n) is 4.91. The number of fused-ring (bicyclic) bond motifs is 1. The topological polar surface area (TPSA) is 64.6 Å². The Bertz CT molecular complexity index is 776. The van der Waals surface area contributed by atoms with Gasteiger partial charge in [-0.15, -0.1) is 0 Å². The fourth-order valence-electron chi connectivity index (χ4n) is 2.15. The van der Waals surface area contributed by atoms with Gasteiger partial charge in [-0.25, -0.2) is 0 Å². The van der Waals surface area contributed by atoms with Gasteiger partial charge in [0.15, 0.2) is 11.5 Å². The highest BCUT2D eigenvalue weighted by Gasteiger charge is 2.16. The molecule has 5 nitrogen and oxygen atoms in total. The normalized spacial score (nSPS) is 14.2. The van der Waals surface area contributed by atoms with Gasteiger partial charge in [0.1, 0.15) is 13.2 Å². The van der Waals surface area contributed by atoms with E-state index in [1.165, 1.54) is 0 Å². The molecule has 1 atom stereocenters. The molecule has 0 aromatic heterocycles. The van der Waals surface area contributed by atoms with Crippen molar-refractivity contribution in [2.24, 2.45) is 0 Å². The Balaban J connectivity index is 1.81. The maximum Gasteiger partial charge on any atom is 0.255 e. The first-order chi connectivity index (χ1) is 11.0.